The number of benzene rings is 1. The molecule has 3 atom stereocenters. The fourth-order valence-corrected chi connectivity index (χ4v) is 3.39. The molecule has 1 amide bonds. The van der Waals surface area contributed by atoms with Crippen LogP contribution in [0, 0.1) is 5.92 Å². The van der Waals surface area contributed by atoms with E-state index in [1.54, 1.807) is 24.3 Å². The van der Waals surface area contributed by atoms with E-state index in [9.17, 15) is 9.59 Å². The smallest absolute Gasteiger partial charge is 0.335 e. The molecule has 0 aromatic heterocycles. The van der Waals surface area contributed by atoms with Crippen LogP contribution in [0.5, 0.6) is 0 Å². The molecule has 0 unspecified atom stereocenters. The Morgan fingerprint density at radius 3 is 2.24 bits per heavy atom. The van der Waals surface area contributed by atoms with Gasteiger partial charge >= 0.3 is 5.97 Å². The van der Waals surface area contributed by atoms with Crippen molar-refractivity contribution >= 4 is 11.9 Å². The van der Waals surface area contributed by atoms with Gasteiger partial charge in [0.2, 0.25) is 5.91 Å². The van der Waals surface area contributed by atoms with Crippen molar-refractivity contribution in [1.82, 2.24) is 10.2 Å². The summed E-state index contributed by atoms with van der Waals surface area (Å²) in [4.78, 5) is 25.8. The summed E-state index contributed by atoms with van der Waals surface area (Å²) in [5, 5.41) is 11.9. The average molecular weight is 348 g/mol. The third kappa shape index (κ3) is 5.28. The first-order valence-electron chi connectivity index (χ1n) is 8.77. The van der Waals surface area contributed by atoms with E-state index in [0.29, 0.717) is 6.54 Å². The summed E-state index contributed by atoms with van der Waals surface area (Å²) < 4.78 is 5.76. The number of hydrogen-bond acceptors (Lipinski definition) is 4. The van der Waals surface area contributed by atoms with E-state index in [1.165, 1.54) is 0 Å². The Morgan fingerprint density at radius 2 is 1.76 bits per heavy atom. The first-order valence-corrected chi connectivity index (χ1v) is 8.77. The predicted molar refractivity (Wildman–Crippen MR) is 95.5 cm³/mol. The highest BCUT2D eigenvalue weighted by molar-refractivity contribution is 5.87. The molecule has 1 saturated heterocycles. The lowest BCUT2D eigenvalue weighted by atomic mass is 9.99. The average Bonchev–Trinajstić information content (AvgIpc) is 2.52. The van der Waals surface area contributed by atoms with Crippen LogP contribution in [0.1, 0.15) is 43.6 Å². The molecule has 138 valence electrons. The molecule has 6 nitrogen and oxygen atoms in total. The van der Waals surface area contributed by atoms with Crippen LogP contribution in [0.2, 0.25) is 0 Å². The zero-order valence-corrected chi connectivity index (χ0v) is 15.4. The Bertz CT molecular complexity index is 590. The lowest BCUT2D eigenvalue weighted by Gasteiger charge is -2.41. The molecule has 1 heterocycles. The van der Waals surface area contributed by atoms with Crippen molar-refractivity contribution in [1.29, 1.82) is 0 Å². The summed E-state index contributed by atoms with van der Waals surface area (Å²) >= 11 is 0. The molecule has 1 aliphatic rings. The van der Waals surface area contributed by atoms with Crippen molar-refractivity contribution in [2.24, 2.45) is 5.92 Å². The van der Waals surface area contributed by atoms with Crippen LogP contribution in [0.3, 0.4) is 0 Å². The molecule has 0 spiro atoms. The zero-order chi connectivity index (χ0) is 18.6. The molecular formula is C19H28N2O4. The third-order valence-corrected chi connectivity index (χ3v) is 4.41. The van der Waals surface area contributed by atoms with Crippen molar-refractivity contribution in [3.05, 3.63) is 35.4 Å². The SMILES string of the molecule is CC(C)[C@@H](C(=O)NCc1ccc(C(=O)O)cc1)N1C[C@@H](C)O[C@H](C)C1. The topological polar surface area (TPSA) is 78.9 Å². The van der Waals surface area contributed by atoms with Gasteiger partial charge in [0.05, 0.1) is 23.8 Å². The van der Waals surface area contributed by atoms with E-state index in [1.807, 2.05) is 13.8 Å². The summed E-state index contributed by atoms with van der Waals surface area (Å²) in [7, 11) is 0. The number of carbonyl (C=O) groups excluding carboxylic acids is 1. The summed E-state index contributed by atoms with van der Waals surface area (Å²) in [6, 6.07) is 6.36. The molecule has 0 bridgehead atoms. The number of ether oxygens (including phenoxy) is 1. The third-order valence-electron chi connectivity index (χ3n) is 4.41. The maximum Gasteiger partial charge on any atom is 0.335 e. The molecule has 0 saturated carbocycles. The number of nitrogens with zero attached hydrogens (tertiary/aromatic N) is 1. The number of aromatic carboxylic acids is 1. The Balaban J connectivity index is 1.99. The maximum atomic E-state index is 12.8. The number of carbonyl (C=O) groups is 2. The highest BCUT2D eigenvalue weighted by Crippen LogP contribution is 2.19. The second-order valence-electron chi connectivity index (χ2n) is 7.12. The quantitative estimate of drug-likeness (QED) is 0.823. The Kier molecular flexibility index (Phi) is 6.56. The van der Waals surface area contributed by atoms with Gasteiger partial charge in [0.25, 0.3) is 0 Å². The number of amides is 1. The van der Waals surface area contributed by atoms with Gasteiger partial charge in [0.1, 0.15) is 0 Å². The van der Waals surface area contributed by atoms with Crippen molar-refractivity contribution in [3.8, 4) is 0 Å². The van der Waals surface area contributed by atoms with Crippen LogP contribution in [-0.2, 0) is 16.1 Å². The molecule has 25 heavy (non-hydrogen) atoms. The van der Waals surface area contributed by atoms with Crippen LogP contribution in [0.15, 0.2) is 24.3 Å². The van der Waals surface area contributed by atoms with Gasteiger partial charge in [-0.2, -0.15) is 0 Å². The van der Waals surface area contributed by atoms with Crippen molar-refractivity contribution in [2.75, 3.05) is 13.1 Å². The molecule has 0 aliphatic carbocycles. The Morgan fingerprint density at radius 1 is 1.20 bits per heavy atom. The molecule has 1 aliphatic heterocycles. The lowest BCUT2D eigenvalue weighted by molar-refractivity contribution is -0.135. The number of morpholine rings is 1. The van der Waals surface area contributed by atoms with E-state index in [2.05, 4.69) is 24.1 Å². The molecule has 1 fully saturated rings. The summed E-state index contributed by atoms with van der Waals surface area (Å²) in [6.45, 7) is 10.0. The van der Waals surface area contributed by atoms with Crippen LogP contribution in [0.4, 0.5) is 0 Å². The molecule has 6 heteroatoms. The summed E-state index contributed by atoms with van der Waals surface area (Å²) in [6.07, 6.45) is 0.225. The number of nitrogens with one attached hydrogen (secondary N) is 1. The molecular weight excluding hydrogens is 320 g/mol. The minimum absolute atomic E-state index is 0.00129. The normalized spacial score (nSPS) is 22.6. The zero-order valence-electron chi connectivity index (χ0n) is 15.4. The first-order chi connectivity index (χ1) is 11.8. The van der Waals surface area contributed by atoms with Crippen LogP contribution in [-0.4, -0.2) is 53.2 Å². The predicted octanol–water partition coefficient (Wildman–Crippen LogP) is 2.13. The van der Waals surface area contributed by atoms with E-state index < -0.39 is 5.97 Å². The van der Waals surface area contributed by atoms with Crippen molar-refractivity contribution in [2.45, 2.75) is 52.5 Å². The largest absolute Gasteiger partial charge is 0.478 e. The summed E-state index contributed by atoms with van der Waals surface area (Å²) in [5.74, 6) is -0.767. The van der Waals surface area contributed by atoms with Crippen molar-refractivity contribution < 1.29 is 19.4 Å². The van der Waals surface area contributed by atoms with Gasteiger partial charge in [-0.05, 0) is 37.5 Å². The van der Waals surface area contributed by atoms with Gasteiger partial charge in [-0.25, -0.2) is 4.79 Å². The van der Waals surface area contributed by atoms with E-state index in [0.717, 1.165) is 18.7 Å². The fraction of sp³-hybridized carbons (Fsp3) is 0.579. The fourth-order valence-electron chi connectivity index (χ4n) is 3.39. The van der Waals surface area contributed by atoms with Crippen LogP contribution >= 0.6 is 0 Å². The minimum atomic E-state index is -0.953. The highest BCUT2D eigenvalue weighted by atomic mass is 16.5. The maximum absolute atomic E-state index is 12.8. The molecule has 1 aromatic rings. The summed E-state index contributed by atoms with van der Waals surface area (Å²) in [5.41, 5.74) is 1.12. The van der Waals surface area contributed by atoms with Crippen molar-refractivity contribution in [3.63, 3.8) is 0 Å². The number of hydrogen-bond donors (Lipinski definition) is 2. The second kappa shape index (κ2) is 8.45. The van der Waals surface area contributed by atoms with E-state index >= 15 is 0 Å². The monoisotopic (exact) mass is 348 g/mol. The van der Waals surface area contributed by atoms with Gasteiger partial charge in [0, 0.05) is 19.6 Å². The Labute approximate surface area is 149 Å². The van der Waals surface area contributed by atoms with Gasteiger partial charge in [-0.3, -0.25) is 9.69 Å². The van der Waals surface area contributed by atoms with E-state index in [-0.39, 0.29) is 35.6 Å². The van der Waals surface area contributed by atoms with Gasteiger partial charge in [-0.1, -0.05) is 26.0 Å². The molecule has 1 aromatic carbocycles. The van der Waals surface area contributed by atoms with Crippen LogP contribution < -0.4 is 5.32 Å². The molecule has 0 radical (unpaired) electrons. The van der Waals surface area contributed by atoms with Crippen LogP contribution in [0.25, 0.3) is 0 Å². The Hall–Kier alpha value is -1.92. The van der Waals surface area contributed by atoms with E-state index in [4.69, 9.17) is 9.84 Å². The first kappa shape index (κ1) is 19.4. The molecule has 2 N–H and O–H groups in total. The number of carboxylic acids is 1. The van der Waals surface area contributed by atoms with Gasteiger partial charge < -0.3 is 15.2 Å². The lowest BCUT2D eigenvalue weighted by Crippen LogP contribution is -2.56. The second-order valence-corrected chi connectivity index (χ2v) is 7.12. The standard InChI is InChI=1S/C19H28N2O4/c1-12(2)17(21-10-13(3)25-14(4)11-21)18(22)20-9-15-5-7-16(8-6-15)19(23)24/h5-8,12-14,17H,9-11H2,1-4H3,(H,20,22)(H,23,24)/t13-,14-,17+/m1/s1. The minimum Gasteiger partial charge on any atom is -0.478 e. The number of rotatable bonds is 6. The van der Waals surface area contributed by atoms with Gasteiger partial charge in [-0.15, -0.1) is 0 Å². The highest BCUT2D eigenvalue weighted by Gasteiger charge is 2.33. The number of carboxylic acid groups (broad SMARTS) is 1. The van der Waals surface area contributed by atoms with Gasteiger partial charge in [0.15, 0.2) is 0 Å². The molecule has 2 rings (SSSR count).